The Balaban J connectivity index is 1.90. The average molecular weight is 285 g/mol. The molecule has 0 spiro atoms. The number of hydrogen-bond acceptors (Lipinski definition) is 2. The summed E-state index contributed by atoms with van der Waals surface area (Å²) in [7, 11) is 0. The zero-order valence-corrected chi connectivity index (χ0v) is 11.4. The number of alkyl halides is 3. The molecular formula is C15H18F3NO. The lowest BCUT2D eigenvalue weighted by Crippen LogP contribution is -2.35. The largest absolute Gasteiger partial charge is 0.416 e. The van der Waals surface area contributed by atoms with Crippen molar-refractivity contribution in [3.05, 3.63) is 35.4 Å². The van der Waals surface area contributed by atoms with Gasteiger partial charge in [0.2, 0.25) is 0 Å². The second-order valence-electron chi connectivity index (χ2n) is 5.36. The molecular weight excluding hydrogens is 267 g/mol. The minimum atomic E-state index is -4.28. The lowest BCUT2D eigenvalue weighted by molar-refractivity contribution is -0.137. The Labute approximate surface area is 116 Å². The van der Waals surface area contributed by atoms with E-state index in [0.717, 1.165) is 43.6 Å². The van der Waals surface area contributed by atoms with Crippen molar-refractivity contribution in [3.63, 3.8) is 0 Å². The maximum Gasteiger partial charge on any atom is 0.416 e. The maximum atomic E-state index is 12.5. The van der Waals surface area contributed by atoms with Crippen molar-refractivity contribution in [2.75, 3.05) is 13.1 Å². The predicted molar refractivity (Wildman–Crippen MR) is 70.1 cm³/mol. The SMILES string of the molecule is CC(=O)C1CCN(Cc2ccc(C(F)(F)F)cc2)CC1. The molecule has 2 nitrogen and oxygen atoms in total. The first-order chi connectivity index (χ1) is 9.36. The number of Topliss-reactive ketones (excluding diaryl/α,β-unsaturated/α-hetero) is 1. The molecule has 0 saturated carbocycles. The summed E-state index contributed by atoms with van der Waals surface area (Å²) >= 11 is 0. The molecule has 110 valence electrons. The molecule has 0 bridgehead atoms. The Hall–Kier alpha value is -1.36. The summed E-state index contributed by atoms with van der Waals surface area (Å²) in [5.74, 6) is 0.387. The van der Waals surface area contributed by atoms with Crippen LogP contribution in [0.3, 0.4) is 0 Å². The topological polar surface area (TPSA) is 20.3 Å². The van der Waals surface area contributed by atoms with E-state index in [-0.39, 0.29) is 11.7 Å². The van der Waals surface area contributed by atoms with Gasteiger partial charge in [-0.2, -0.15) is 13.2 Å². The van der Waals surface area contributed by atoms with Gasteiger partial charge in [0.1, 0.15) is 5.78 Å². The highest BCUT2D eigenvalue weighted by molar-refractivity contribution is 5.78. The first kappa shape index (κ1) is 15.0. The summed E-state index contributed by atoms with van der Waals surface area (Å²) in [6, 6.07) is 5.30. The molecule has 1 heterocycles. The number of benzene rings is 1. The van der Waals surface area contributed by atoms with Crippen LogP contribution >= 0.6 is 0 Å². The van der Waals surface area contributed by atoms with E-state index in [2.05, 4.69) is 4.90 Å². The van der Waals surface area contributed by atoms with Crippen LogP contribution in [0.1, 0.15) is 30.9 Å². The average Bonchev–Trinajstić information content (AvgIpc) is 2.39. The third kappa shape index (κ3) is 3.82. The molecule has 1 fully saturated rings. The third-order valence-corrected chi connectivity index (χ3v) is 3.85. The van der Waals surface area contributed by atoms with Crippen LogP contribution in [-0.2, 0) is 17.5 Å². The Bertz CT molecular complexity index is 459. The molecule has 0 unspecified atom stereocenters. The standard InChI is InChI=1S/C15H18F3NO/c1-11(20)13-6-8-19(9-7-13)10-12-2-4-14(5-3-12)15(16,17)18/h2-5,13H,6-10H2,1H3. The second kappa shape index (κ2) is 5.95. The minimum absolute atomic E-state index is 0.152. The summed E-state index contributed by atoms with van der Waals surface area (Å²) in [6.45, 7) is 3.91. The number of nitrogens with zero attached hydrogens (tertiary/aromatic N) is 1. The van der Waals surface area contributed by atoms with E-state index >= 15 is 0 Å². The van der Waals surface area contributed by atoms with Gasteiger partial charge in [-0.15, -0.1) is 0 Å². The Kier molecular flexibility index (Phi) is 4.48. The van der Waals surface area contributed by atoms with Gasteiger partial charge >= 0.3 is 6.18 Å². The zero-order valence-electron chi connectivity index (χ0n) is 11.4. The number of rotatable bonds is 3. The van der Waals surface area contributed by atoms with Gasteiger partial charge in [-0.3, -0.25) is 9.69 Å². The lowest BCUT2D eigenvalue weighted by atomic mass is 9.93. The molecule has 0 atom stereocenters. The highest BCUT2D eigenvalue weighted by atomic mass is 19.4. The van der Waals surface area contributed by atoms with Crippen molar-refractivity contribution in [2.45, 2.75) is 32.5 Å². The van der Waals surface area contributed by atoms with Crippen LogP contribution in [-0.4, -0.2) is 23.8 Å². The monoisotopic (exact) mass is 285 g/mol. The zero-order chi connectivity index (χ0) is 14.8. The molecule has 0 radical (unpaired) electrons. The van der Waals surface area contributed by atoms with Gasteiger partial charge in [-0.1, -0.05) is 12.1 Å². The minimum Gasteiger partial charge on any atom is -0.300 e. The molecule has 20 heavy (non-hydrogen) atoms. The van der Waals surface area contributed by atoms with E-state index < -0.39 is 11.7 Å². The van der Waals surface area contributed by atoms with E-state index in [1.165, 1.54) is 12.1 Å². The number of ketones is 1. The Morgan fingerprint density at radius 2 is 1.75 bits per heavy atom. The van der Waals surface area contributed by atoms with E-state index in [4.69, 9.17) is 0 Å². The van der Waals surface area contributed by atoms with Crippen molar-refractivity contribution in [1.82, 2.24) is 4.90 Å². The van der Waals surface area contributed by atoms with Gasteiger partial charge in [0.25, 0.3) is 0 Å². The molecule has 1 aliphatic heterocycles. The molecule has 1 saturated heterocycles. The summed E-state index contributed by atoms with van der Waals surface area (Å²) < 4.78 is 37.4. The van der Waals surface area contributed by atoms with Crippen molar-refractivity contribution >= 4 is 5.78 Å². The Morgan fingerprint density at radius 3 is 2.20 bits per heavy atom. The first-order valence-electron chi connectivity index (χ1n) is 6.75. The molecule has 1 aromatic rings. The normalized spacial score (nSPS) is 18.2. The van der Waals surface area contributed by atoms with Crippen molar-refractivity contribution < 1.29 is 18.0 Å². The van der Waals surface area contributed by atoms with Crippen molar-refractivity contribution in [2.24, 2.45) is 5.92 Å². The van der Waals surface area contributed by atoms with Crippen molar-refractivity contribution in [3.8, 4) is 0 Å². The van der Waals surface area contributed by atoms with Crippen LogP contribution in [0.4, 0.5) is 13.2 Å². The van der Waals surface area contributed by atoms with Gasteiger partial charge in [0.15, 0.2) is 0 Å². The fourth-order valence-corrected chi connectivity index (χ4v) is 2.55. The number of likely N-dealkylation sites (tertiary alicyclic amines) is 1. The molecule has 2 rings (SSSR count). The predicted octanol–water partition coefficient (Wildman–Crippen LogP) is 3.51. The highest BCUT2D eigenvalue weighted by Crippen LogP contribution is 2.29. The van der Waals surface area contributed by atoms with E-state index in [9.17, 15) is 18.0 Å². The molecule has 0 aromatic heterocycles. The van der Waals surface area contributed by atoms with Crippen LogP contribution in [0.15, 0.2) is 24.3 Å². The van der Waals surface area contributed by atoms with Crippen LogP contribution in [0, 0.1) is 5.92 Å². The van der Waals surface area contributed by atoms with Crippen LogP contribution in [0.2, 0.25) is 0 Å². The quantitative estimate of drug-likeness (QED) is 0.847. The lowest BCUT2D eigenvalue weighted by Gasteiger charge is -2.30. The third-order valence-electron chi connectivity index (χ3n) is 3.85. The van der Waals surface area contributed by atoms with Gasteiger partial charge in [-0.05, 0) is 50.6 Å². The number of halogens is 3. The summed E-state index contributed by atoms with van der Waals surface area (Å²) in [5, 5.41) is 0. The summed E-state index contributed by atoms with van der Waals surface area (Å²) in [4.78, 5) is 13.5. The number of piperidine rings is 1. The highest BCUT2D eigenvalue weighted by Gasteiger charge is 2.30. The van der Waals surface area contributed by atoms with E-state index in [0.29, 0.717) is 6.54 Å². The van der Waals surface area contributed by atoms with Gasteiger partial charge in [-0.25, -0.2) is 0 Å². The van der Waals surface area contributed by atoms with Gasteiger partial charge in [0.05, 0.1) is 5.56 Å². The van der Waals surface area contributed by atoms with Crippen molar-refractivity contribution in [1.29, 1.82) is 0 Å². The number of carbonyl (C=O) groups is 1. The smallest absolute Gasteiger partial charge is 0.300 e. The molecule has 0 N–H and O–H groups in total. The first-order valence-corrected chi connectivity index (χ1v) is 6.75. The van der Waals surface area contributed by atoms with Crippen LogP contribution in [0.25, 0.3) is 0 Å². The molecule has 0 amide bonds. The van der Waals surface area contributed by atoms with Gasteiger partial charge in [0, 0.05) is 12.5 Å². The molecule has 1 aromatic carbocycles. The number of carbonyl (C=O) groups excluding carboxylic acids is 1. The Morgan fingerprint density at radius 1 is 1.20 bits per heavy atom. The van der Waals surface area contributed by atoms with Gasteiger partial charge < -0.3 is 0 Å². The fraction of sp³-hybridized carbons (Fsp3) is 0.533. The van der Waals surface area contributed by atoms with Crippen LogP contribution < -0.4 is 0 Å². The molecule has 5 heteroatoms. The second-order valence-corrected chi connectivity index (χ2v) is 5.36. The molecule has 0 aliphatic carbocycles. The molecule has 1 aliphatic rings. The van der Waals surface area contributed by atoms with E-state index in [1.54, 1.807) is 6.92 Å². The van der Waals surface area contributed by atoms with E-state index in [1.807, 2.05) is 0 Å². The summed E-state index contributed by atoms with van der Waals surface area (Å²) in [5.41, 5.74) is 0.260. The number of hydrogen-bond donors (Lipinski definition) is 0. The fourth-order valence-electron chi connectivity index (χ4n) is 2.55. The summed E-state index contributed by atoms with van der Waals surface area (Å²) in [6.07, 6.45) is -2.59. The maximum absolute atomic E-state index is 12.5. The van der Waals surface area contributed by atoms with Crippen LogP contribution in [0.5, 0.6) is 0 Å².